The Hall–Kier alpha value is -0.340. The molecule has 1 atom stereocenters. The summed E-state index contributed by atoms with van der Waals surface area (Å²) in [7, 11) is 1.76. The van der Waals surface area contributed by atoms with Gasteiger partial charge in [-0.25, -0.2) is 0 Å². The molecular weight excluding hydrogens is 198 g/mol. The van der Waals surface area contributed by atoms with Crippen LogP contribution in [-0.2, 0) is 4.74 Å². The highest BCUT2D eigenvalue weighted by Gasteiger charge is 2.07. The van der Waals surface area contributed by atoms with E-state index in [1.165, 1.54) is 5.57 Å². The molecule has 0 amide bonds. The molecule has 1 N–H and O–H groups in total. The molecule has 0 radical (unpaired) electrons. The van der Waals surface area contributed by atoms with Crippen molar-refractivity contribution in [1.29, 1.82) is 0 Å². The molecule has 0 aliphatic heterocycles. The third-order valence-corrected chi connectivity index (χ3v) is 2.80. The van der Waals surface area contributed by atoms with E-state index in [1.54, 1.807) is 7.11 Å². The second kappa shape index (κ2) is 7.86. The predicted octanol–water partition coefficient (Wildman–Crippen LogP) is 3.38. The lowest BCUT2D eigenvalue weighted by molar-refractivity contribution is 0.185. The van der Waals surface area contributed by atoms with E-state index in [9.17, 15) is 0 Å². The quantitative estimate of drug-likeness (QED) is 0.532. The van der Waals surface area contributed by atoms with Gasteiger partial charge in [0.2, 0.25) is 0 Å². The van der Waals surface area contributed by atoms with E-state index in [0.717, 1.165) is 26.0 Å². The van der Waals surface area contributed by atoms with Gasteiger partial charge in [-0.15, -0.1) is 0 Å². The first-order chi connectivity index (χ1) is 7.37. The lowest BCUT2D eigenvalue weighted by Gasteiger charge is -2.20. The van der Waals surface area contributed by atoms with Crippen molar-refractivity contribution in [2.24, 2.45) is 5.92 Å². The normalized spacial score (nSPS) is 15.2. The molecule has 0 aromatic heterocycles. The van der Waals surface area contributed by atoms with Gasteiger partial charge in [-0.05, 0) is 53.0 Å². The average Bonchev–Trinajstić information content (AvgIpc) is 2.19. The standard InChI is InChI=1S/C14H29NO/c1-12(13(2)9-11-16-6)8-7-10-15-14(3,4)5/h8,13,15H,7,9-11H2,1-6H3. The first-order valence-corrected chi connectivity index (χ1v) is 6.27. The first-order valence-electron chi connectivity index (χ1n) is 6.27. The van der Waals surface area contributed by atoms with E-state index in [-0.39, 0.29) is 5.54 Å². The summed E-state index contributed by atoms with van der Waals surface area (Å²) in [6.45, 7) is 13.0. The maximum atomic E-state index is 5.09. The van der Waals surface area contributed by atoms with E-state index in [2.05, 4.69) is 46.0 Å². The predicted molar refractivity (Wildman–Crippen MR) is 71.8 cm³/mol. The molecule has 0 bridgehead atoms. The van der Waals surface area contributed by atoms with Gasteiger partial charge in [-0.2, -0.15) is 0 Å². The van der Waals surface area contributed by atoms with Gasteiger partial charge in [0.15, 0.2) is 0 Å². The van der Waals surface area contributed by atoms with Crippen LogP contribution in [-0.4, -0.2) is 25.8 Å². The Bertz CT molecular complexity index is 203. The fourth-order valence-corrected chi connectivity index (χ4v) is 1.47. The second-order valence-electron chi connectivity index (χ2n) is 5.60. The Kier molecular flexibility index (Phi) is 7.69. The number of allylic oxidation sites excluding steroid dienone is 1. The van der Waals surface area contributed by atoms with Crippen LogP contribution in [0.1, 0.15) is 47.5 Å². The van der Waals surface area contributed by atoms with Crippen LogP contribution < -0.4 is 5.32 Å². The molecule has 0 spiro atoms. The monoisotopic (exact) mass is 227 g/mol. The molecular formula is C14H29NO. The topological polar surface area (TPSA) is 21.3 Å². The molecule has 96 valence electrons. The van der Waals surface area contributed by atoms with Crippen molar-refractivity contribution in [1.82, 2.24) is 5.32 Å². The van der Waals surface area contributed by atoms with Crippen LogP contribution >= 0.6 is 0 Å². The summed E-state index contributed by atoms with van der Waals surface area (Å²) in [5.41, 5.74) is 1.71. The number of rotatable bonds is 7. The highest BCUT2D eigenvalue weighted by atomic mass is 16.5. The maximum absolute atomic E-state index is 5.09. The van der Waals surface area contributed by atoms with Gasteiger partial charge in [-0.3, -0.25) is 0 Å². The summed E-state index contributed by atoms with van der Waals surface area (Å²) < 4.78 is 5.09. The lowest BCUT2D eigenvalue weighted by atomic mass is 9.98. The van der Waals surface area contributed by atoms with Gasteiger partial charge in [0.25, 0.3) is 0 Å². The van der Waals surface area contributed by atoms with E-state index in [1.807, 2.05) is 0 Å². The summed E-state index contributed by atoms with van der Waals surface area (Å²) in [4.78, 5) is 0. The molecule has 0 saturated heterocycles. The number of ether oxygens (including phenoxy) is 1. The first kappa shape index (κ1) is 15.7. The van der Waals surface area contributed by atoms with E-state index in [0.29, 0.717) is 5.92 Å². The second-order valence-corrected chi connectivity index (χ2v) is 5.60. The molecule has 0 rings (SSSR count). The van der Waals surface area contributed by atoms with Crippen LogP contribution in [0.25, 0.3) is 0 Å². The number of methoxy groups -OCH3 is 1. The van der Waals surface area contributed by atoms with Crippen molar-refractivity contribution >= 4 is 0 Å². The zero-order valence-corrected chi connectivity index (χ0v) is 11.9. The molecule has 0 fully saturated rings. The maximum Gasteiger partial charge on any atom is 0.0467 e. The van der Waals surface area contributed by atoms with E-state index < -0.39 is 0 Å². The summed E-state index contributed by atoms with van der Waals surface area (Å²) in [6.07, 6.45) is 4.57. The smallest absolute Gasteiger partial charge is 0.0467 e. The fourth-order valence-electron chi connectivity index (χ4n) is 1.47. The molecule has 2 nitrogen and oxygen atoms in total. The van der Waals surface area contributed by atoms with E-state index >= 15 is 0 Å². The third-order valence-electron chi connectivity index (χ3n) is 2.80. The van der Waals surface area contributed by atoms with Crippen LogP contribution in [0.5, 0.6) is 0 Å². The molecule has 0 aromatic rings. The molecule has 0 aliphatic rings. The van der Waals surface area contributed by atoms with Gasteiger partial charge < -0.3 is 10.1 Å². The minimum atomic E-state index is 0.226. The fraction of sp³-hybridized carbons (Fsp3) is 0.857. The van der Waals surface area contributed by atoms with Crippen LogP contribution in [0.3, 0.4) is 0 Å². The minimum absolute atomic E-state index is 0.226. The van der Waals surface area contributed by atoms with Gasteiger partial charge in [0.05, 0.1) is 0 Å². The molecule has 0 saturated carbocycles. The highest BCUT2D eigenvalue weighted by Crippen LogP contribution is 2.14. The average molecular weight is 227 g/mol. The van der Waals surface area contributed by atoms with Gasteiger partial charge >= 0.3 is 0 Å². The molecule has 16 heavy (non-hydrogen) atoms. The molecule has 1 unspecified atom stereocenters. The van der Waals surface area contributed by atoms with Gasteiger partial charge in [-0.1, -0.05) is 18.6 Å². The number of nitrogens with one attached hydrogen (secondary N) is 1. The molecule has 0 aliphatic carbocycles. The van der Waals surface area contributed by atoms with Crippen LogP contribution in [0, 0.1) is 5.92 Å². The van der Waals surface area contributed by atoms with Crippen molar-refractivity contribution < 1.29 is 4.74 Å². The zero-order valence-electron chi connectivity index (χ0n) is 11.9. The Morgan fingerprint density at radius 3 is 2.50 bits per heavy atom. The van der Waals surface area contributed by atoms with Crippen molar-refractivity contribution in [3.8, 4) is 0 Å². The summed E-state index contributed by atoms with van der Waals surface area (Å²) >= 11 is 0. The van der Waals surface area contributed by atoms with Crippen molar-refractivity contribution in [3.63, 3.8) is 0 Å². The summed E-state index contributed by atoms with van der Waals surface area (Å²) in [5, 5.41) is 3.49. The Balaban J connectivity index is 3.77. The van der Waals surface area contributed by atoms with Crippen molar-refractivity contribution in [2.75, 3.05) is 20.3 Å². The number of hydrogen-bond acceptors (Lipinski definition) is 2. The summed E-state index contributed by atoms with van der Waals surface area (Å²) in [5.74, 6) is 0.634. The van der Waals surface area contributed by atoms with E-state index in [4.69, 9.17) is 4.74 Å². The Morgan fingerprint density at radius 2 is 2.00 bits per heavy atom. The summed E-state index contributed by atoms with van der Waals surface area (Å²) in [6, 6.07) is 0. The number of hydrogen-bond donors (Lipinski definition) is 1. The highest BCUT2D eigenvalue weighted by molar-refractivity contribution is 5.02. The Morgan fingerprint density at radius 1 is 1.38 bits per heavy atom. The van der Waals surface area contributed by atoms with Crippen molar-refractivity contribution in [3.05, 3.63) is 11.6 Å². The zero-order chi connectivity index (χ0) is 12.6. The SMILES string of the molecule is COCCC(C)C(C)=CCCNC(C)(C)C. The van der Waals surface area contributed by atoms with Gasteiger partial charge in [0, 0.05) is 19.3 Å². The van der Waals surface area contributed by atoms with Crippen LogP contribution in [0.4, 0.5) is 0 Å². The van der Waals surface area contributed by atoms with Crippen LogP contribution in [0.2, 0.25) is 0 Å². The molecule has 2 heteroatoms. The third kappa shape index (κ3) is 8.93. The lowest BCUT2D eigenvalue weighted by Crippen LogP contribution is -2.36. The van der Waals surface area contributed by atoms with Gasteiger partial charge in [0.1, 0.15) is 0 Å². The largest absolute Gasteiger partial charge is 0.385 e. The van der Waals surface area contributed by atoms with Crippen molar-refractivity contribution in [2.45, 2.75) is 53.0 Å². The molecule has 0 heterocycles. The minimum Gasteiger partial charge on any atom is -0.385 e. The molecule has 0 aromatic carbocycles. The van der Waals surface area contributed by atoms with Crippen LogP contribution in [0.15, 0.2) is 11.6 Å². The Labute approximate surface area is 101 Å².